The Hall–Kier alpha value is -1.69. The molecule has 2 N–H and O–H groups in total. The molecule has 0 fully saturated rings. The van der Waals surface area contributed by atoms with Gasteiger partial charge in [0, 0.05) is 6.54 Å². The van der Waals surface area contributed by atoms with E-state index < -0.39 is 16.1 Å². The highest BCUT2D eigenvalue weighted by molar-refractivity contribution is 7.88. The van der Waals surface area contributed by atoms with Gasteiger partial charge in [-0.2, -0.15) is 0 Å². The lowest BCUT2D eigenvalue weighted by atomic mass is 10.1. The quantitative estimate of drug-likeness (QED) is 0.818. The van der Waals surface area contributed by atoms with Gasteiger partial charge in [-0.05, 0) is 17.5 Å². The van der Waals surface area contributed by atoms with Crippen molar-refractivity contribution in [2.45, 2.75) is 18.3 Å². The van der Waals surface area contributed by atoms with Gasteiger partial charge < -0.3 is 5.11 Å². The summed E-state index contributed by atoms with van der Waals surface area (Å²) in [5.74, 6) is -0.0775. The lowest BCUT2D eigenvalue weighted by Gasteiger charge is -2.12. The fourth-order valence-electron chi connectivity index (χ4n) is 2.03. The lowest BCUT2D eigenvalue weighted by Crippen LogP contribution is -2.34. The van der Waals surface area contributed by atoms with Crippen LogP contribution >= 0.6 is 0 Å². The Bertz CT molecular complexity index is 642. The van der Waals surface area contributed by atoms with Gasteiger partial charge in [-0.1, -0.05) is 60.7 Å². The van der Waals surface area contributed by atoms with Crippen molar-refractivity contribution in [2.75, 3.05) is 6.54 Å². The smallest absolute Gasteiger partial charge is 0.215 e. The van der Waals surface area contributed by atoms with Gasteiger partial charge in [0.15, 0.2) is 0 Å². The maximum absolute atomic E-state index is 11.9. The standard InChI is InChI=1S/C16H19NO3S/c18-16(11-14-7-3-1-4-8-14)12-17-21(19,20)13-15-9-5-2-6-10-15/h1-10,16-18H,11-13H2. The van der Waals surface area contributed by atoms with Crippen molar-refractivity contribution < 1.29 is 13.5 Å². The number of rotatable bonds is 7. The molecule has 0 aromatic heterocycles. The second-order valence-corrected chi connectivity index (χ2v) is 6.74. The summed E-state index contributed by atoms with van der Waals surface area (Å²) in [4.78, 5) is 0. The van der Waals surface area contributed by atoms with E-state index in [1.54, 1.807) is 24.3 Å². The molecule has 1 unspecified atom stereocenters. The maximum Gasteiger partial charge on any atom is 0.215 e. The number of benzene rings is 2. The van der Waals surface area contributed by atoms with Gasteiger partial charge in [0.25, 0.3) is 0 Å². The molecule has 0 spiro atoms. The van der Waals surface area contributed by atoms with E-state index in [2.05, 4.69) is 4.72 Å². The third-order valence-corrected chi connectivity index (χ3v) is 4.37. The molecule has 2 aromatic rings. The average molecular weight is 305 g/mol. The molecule has 0 saturated heterocycles. The van der Waals surface area contributed by atoms with Gasteiger partial charge in [0.1, 0.15) is 0 Å². The zero-order valence-electron chi connectivity index (χ0n) is 11.6. The molecule has 2 aromatic carbocycles. The normalized spacial score (nSPS) is 13.0. The monoisotopic (exact) mass is 305 g/mol. The summed E-state index contributed by atoms with van der Waals surface area (Å²) >= 11 is 0. The molecule has 1 atom stereocenters. The number of sulfonamides is 1. The molecule has 0 heterocycles. The van der Waals surface area contributed by atoms with Crippen LogP contribution in [-0.2, 0) is 22.2 Å². The molecule has 0 aliphatic heterocycles. The number of aliphatic hydroxyl groups excluding tert-OH is 1. The van der Waals surface area contributed by atoms with Crippen molar-refractivity contribution in [3.63, 3.8) is 0 Å². The van der Waals surface area contributed by atoms with Crippen LogP contribution in [0.3, 0.4) is 0 Å². The van der Waals surface area contributed by atoms with Crippen LogP contribution in [0.4, 0.5) is 0 Å². The zero-order chi connectivity index (χ0) is 15.1. The second-order valence-electron chi connectivity index (χ2n) is 4.94. The Balaban J connectivity index is 1.84. The summed E-state index contributed by atoms with van der Waals surface area (Å²) in [6.45, 7) is 0.0179. The molecule has 21 heavy (non-hydrogen) atoms. The van der Waals surface area contributed by atoms with E-state index >= 15 is 0 Å². The number of nitrogens with one attached hydrogen (secondary N) is 1. The van der Waals surface area contributed by atoms with E-state index in [-0.39, 0.29) is 12.3 Å². The van der Waals surface area contributed by atoms with Crippen LogP contribution in [0.5, 0.6) is 0 Å². The second kappa shape index (κ2) is 7.36. The van der Waals surface area contributed by atoms with Gasteiger partial charge in [0.05, 0.1) is 11.9 Å². The Morgan fingerprint density at radius 1 is 0.905 bits per heavy atom. The number of hydrogen-bond donors (Lipinski definition) is 2. The van der Waals surface area contributed by atoms with Crippen LogP contribution in [0.1, 0.15) is 11.1 Å². The highest BCUT2D eigenvalue weighted by Gasteiger charge is 2.14. The van der Waals surface area contributed by atoms with Crippen LogP contribution in [0.2, 0.25) is 0 Å². The lowest BCUT2D eigenvalue weighted by molar-refractivity contribution is 0.179. The van der Waals surface area contributed by atoms with Crippen LogP contribution < -0.4 is 4.72 Å². The van der Waals surface area contributed by atoms with Crippen molar-refractivity contribution in [1.82, 2.24) is 4.72 Å². The topological polar surface area (TPSA) is 66.4 Å². The van der Waals surface area contributed by atoms with Crippen LogP contribution in [0.15, 0.2) is 60.7 Å². The summed E-state index contributed by atoms with van der Waals surface area (Å²) in [6, 6.07) is 18.5. The minimum absolute atomic E-state index is 0.0179. The molecule has 0 aliphatic rings. The largest absolute Gasteiger partial charge is 0.391 e. The molecule has 2 rings (SSSR count). The Labute approximate surface area is 125 Å². The molecule has 0 saturated carbocycles. The van der Waals surface area contributed by atoms with E-state index in [1.165, 1.54) is 0 Å². The molecule has 0 radical (unpaired) electrons. The summed E-state index contributed by atoms with van der Waals surface area (Å²) < 4.78 is 26.3. The van der Waals surface area contributed by atoms with Gasteiger partial charge in [-0.15, -0.1) is 0 Å². The molecule has 5 heteroatoms. The van der Waals surface area contributed by atoms with E-state index in [0.29, 0.717) is 6.42 Å². The molecule has 4 nitrogen and oxygen atoms in total. The van der Waals surface area contributed by atoms with E-state index in [4.69, 9.17) is 0 Å². The first-order valence-electron chi connectivity index (χ1n) is 6.78. The maximum atomic E-state index is 11.9. The molecular formula is C16H19NO3S. The molecule has 0 aliphatic carbocycles. The van der Waals surface area contributed by atoms with Crippen LogP contribution in [-0.4, -0.2) is 26.2 Å². The zero-order valence-corrected chi connectivity index (χ0v) is 12.5. The SMILES string of the molecule is O=S(=O)(Cc1ccccc1)NCC(O)Cc1ccccc1. The van der Waals surface area contributed by atoms with Crippen molar-refractivity contribution in [1.29, 1.82) is 0 Å². The third kappa shape index (κ3) is 5.67. The minimum atomic E-state index is -3.43. The molecule has 112 valence electrons. The van der Waals surface area contributed by atoms with Crippen molar-refractivity contribution in [2.24, 2.45) is 0 Å². The first-order chi connectivity index (χ1) is 10.1. The number of aliphatic hydroxyl groups is 1. The van der Waals surface area contributed by atoms with E-state index in [1.807, 2.05) is 36.4 Å². The Morgan fingerprint density at radius 2 is 1.43 bits per heavy atom. The average Bonchev–Trinajstić information content (AvgIpc) is 2.47. The van der Waals surface area contributed by atoms with Gasteiger partial charge >= 0.3 is 0 Å². The Morgan fingerprint density at radius 3 is 2.00 bits per heavy atom. The van der Waals surface area contributed by atoms with E-state index in [9.17, 15) is 13.5 Å². The predicted octanol–water partition coefficient (Wildman–Crippen LogP) is 1.71. The first-order valence-corrected chi connectivity index (χ1v) is 8.44. The number of hydrogen-bond acceptors (Lipinski definition) is 3. The Kier molecular flexibility index (Phi) is 5.50. The molecule has 0 amide bonds. The van der Waals surface area contributed by atoms with E-state index in [0.717, 1.165) is 11.1 Å². The van der Waals surface area contributed by atoms with Gasteiger partial charge in [-0.25, -0.2) is 13.1 Å². The minimum Gasteiger partial charge on any atom is -0.391 e. The summed E-state index contributed by atoms with van der Waals surface area (Å²) in [6.07, 6.45) is -0.313. The van der Waals surface area contributed by atoms with Crippen molar-refractivity contribution >= 4 is 10.0 Å². The fraction of sp³-hybridized carbons (Fsp3) is 0.250. The summed E-state index contributed by atoms with van der Waals surface area (Å²) in [5.41, 5.74) is 1.70. The highest BCUT2D eigenvalue weighted by Crippen LogP contribution is 2.05. The van der Waals surface area contributed by atoms with Gasteiger partial charge in [0.2, 0.25) is 10.0 Å². The first kappa shape index (κ1) is 15.7. The third-order valence-electron chi connectivity index (χ3n) is 3.05. The molecule has 0 bridgehead atoms. The summed E-state index contributed by atoms with van der Waals surface area (Å²) in [5, 5.41) is 9.91. The van der Waals surface area contributed by atoms with Crippen molar-refractivity contribution in [3.05, 3.63) is 71.8 Å². The highest BCUT2D eigenvalue weighted by atomic mass is 32.2. The molecular weight excluding hydrogens is 286 g/mol. The fourth-order valence-corrected chi connectivity index (χ4v) is 3.21. The van der Waals surface area contributed by atoms with Crippen LogP contribution in [0, 0.1) is 0 Å². The van der Waals surface area contributed by atoms with Crippen LogP contribution in [0.25, 0.3) is 0 Å². The predicted molar refractivity (Wildman–Crippen MR) is 83.2 cm³/mol. The summed E-state index contributed by atoms with van der Waals surface area (Å²) in [7, 11) is -3.43. The van der Waals surface area contributed by atoms with Gasteiger partial charge in [-0.3, -0.25) is 0 Å². The van der Waals surface area contributed by atoms with Crippen molar-refractivity contribution in [3.8, 4) is 0 Å².